The molecule has 0 saturated carbocycles. The second-order valence-electron chi connectivity index (χ2n) is 5.84. The molecule has 0 unspecified atom stereocenters. The molecule has 136 valence electrons. The van der Waals surface area contributed by atoms with Crippen LogP contribution in [-0.2, 0) is 4.79 Å². The van der Waals surface area contributed by atoms with Crippen LogP contribution in [-0.4, -0.2) is 22.0 Å². The van der Waals surface area contributed by atoms with Gasteiger partial charge in [-0.2, -0.15) is 0 Å². The molecule has 7 heteroatoms. The average Bonchev–Trinajstić information content (AvgIpc) is 3.14. The first kappa shape index (κ1) is 17.2. The number of carbonyl (C=O) groups excluding carboxylic acids is 1. The van der Waals surface area contributed by atoms with E-state index in [4.69, 9.17) is 9.47 Å². The fraction of sp³-hybridized carbons (Fsp3) is 0.150. The molecule has 0 amide bonds. The number of esters is 1. The van der Waals surface area contributed by atoms with Crippen LogP contribution in [0.15, 0.2) is 47.3 Å². The van der Waals surface area contributed by atoms with Gasteiger partial charge in [-0.25, -0.2) is 9.38 Å². The smallest absolute Gasteiger partial charge is 0.308 e. The van der Waals surface area contributed by atoms with E-state index in [2.05, 4.69) is 4.98 Å². The van der Waals surface area contributed by atoms with Gasteiger partial charge in [-0.1, -0.05) is 35.6 Å². The summed E-state index contributed by atoms with van der Waals surface area (Å²) in [5, 5.41) is 0. The minimum absolute atomic E-state index is 0.153. The van der Waals surface area contributed by atoms with E-state index in [-0.39, 0.29) is 5.56 Å². The fourth-order valence-corrected chi connectivity index (χ4v) is 3.90. The number of aromatic nitrogens is 2. The van der Waals surface area contributed by atoms with Gasteiger partial charge in [0.2, 0.25) is 0 Å². The van der Waals surface area contributed by atoms with Gasteiger partial charge in [-0.05, 0) is 31.2 Å². The Hall–Kier alpha value is -3.19. The molecule has 0 saturated heterocycles. The number of thiazole rings is 1. The molecule has 0 atom stereocenters. The van der Waals surface area contributed by atoms with Crippen molar-refractivity contribution in [3.8, 4) is 11.5 Å². The molecule has 0 bridgehead atoms. The van der Waals surface area contributed by atoms with Gasteiger partial charge in [-0.3, -0.25) is 9.59 Å². The second kappa shape index (κ2) is 6.85. The first-order chi connectivity index (χ1) is 13.1. The zero-order valence-corrected chi connectivity index (χ0v) is 15.6. The summed E-state index contributed by atoms with van der Waals surface area (Å²) in [5.41, 5.74) is 2.00. The number of para-hydroxylation sites is 3. The molecule has 4 rings (SSSR count). The Morgan fingerprint density at radius 3 is 2.81 bits per heavy atom. The summed E-state index contributed by atoms with van der Waals surface area (Å²) < 4.78 is 13.0. The normalized spacial score (nSPS) is 12.0. The third-order valence-electron chi connectivity index (χ3n) is 3.99. The van der Waals surface area contributed by atoms with Crippen LogP contribution >= 0.6 is 11.3 Å². The maximum atomic E-state index is 12.9. The maximum absolute atomic E-state index is 12.9. The van der Waals surface area contributed by atoms with Crippen molar-refractivity contribution >= 4 is 39.4 Å². The van der Waals surface area contributed by atoms with Gasteiger partial charge in [0, 0.05) is 12.5 Å². The second-order valence-corrected chi connectivity index (χ2v) is 6.84. The number of carbonyl (C=O) groups is 1. The van der Waals surface area contributed by atoms with Crippen molar-refractivity contribution < 1.29 is 14.3 Å². The standard InChI is InChI=1S/C20H16N2O4S/c1-3-25-16-10-6-7-13(18(16)26-12(2)23)11-17-19(24)22-15-9-5-4-8-14(15)21-20(22)27-17/h4-11H,3H2,1-2H3/b17-11-. The van der Waals surface area contributed by atoms with Gasteiger partial charge in [0.15, 0.2) is 16.5 Å². The van der Waals surface area contributed by atoms with Gasteiger partial charge in [0.25, 0.3) is 5.56 Å². The third kappa shape index (κ3) is 3.06. The minimum Gasteiger partial charge on any atom is -0.490 e. The van der Waals surface area contributed by atoms with Gasteiger partial charge >= 0.3 is 5.97 Å². The van der Waals surface area contributed by atoms with Crippen LogP contribution in [0.3, 0.4) is 0 Å². The largest absolute Gasteiger partial charge is 0.490 e. The molecule has 2 aromatic heterocycles. The lowest BCUT2D eigenvalue weighted by molar-refractivity contribution is -0.132. The molecule has 4 aromatic rings. The molecular weight excluding hydrogens is 364 g/mol. The summed E-state index contributed by atoms with van der Waals surface area (Å²) in [6.07, 6.45) is 1.71. The van der Waals surface area contributed by atoms with Crippen LogP contribution in [0.5, 0.6) is 11.5 Å². The van der Waals surface area contributed by atoms with Crippen LogP contribution in [0.2, 0.25) is 0 Å². The Bertz CT molecular complexity index is 1270. The highest BCUT2D eigenvalue weighted by molar-refractivity contribution is 7.15. The first-order valence-electron chi connectivity index (χ1n) is 8.44. The monoisotopic (exact) mass is 380 g/mol. The molecule has 0 aliphatic heterocycles. The first-order valence-corrected chi connectivity index (χ1v) is 9.26. The molecule has 27 heavy (non-hydrogen) atoms. The highest BCUT2D eigenvalue weighted by atomic mass is 32.1. The molecule has 6 nitrogen and oxygen atoms in total. The Kier molecular flexibility index (Phi) is 4.37. The van der Waals surface area contributed by atoms with E-state index in [0.29, 0.717) is 33.2 Å². The molecule has 0 radical (unpaired) electrons. The molecule has 0 fully saturated rings. The lowest BCUT2D eigenvalue weighted by Gasteiger charge is -2.11. The summed E-state index contributed by atoms with van der Waals surface area (Å²) in [6, 6.07) is 12.8. The zero-order valence-electron chi connectivity index (χ0n) is 14.8. The van der Waals surface area contributed by atoms with Crippen molar-refractivity contribution in [3.63, 3.8) is 0 Å². The number of hydrogen-bond donors (Lipinski definition) is 0. The molecule has 0 N–H and O–H groups in total. The summed E-state index contributed by atoms with van der Waals surface area (Å²) in [6.45, 7) is 3.61. The Labute approximate surface area is 158 Å². The van der Waals surface area contributed by atoms with Crippen molar-refractivity contribution in [2.45, 2.75) is 13.8 Å². The molecule has 2 heterocycles. The van der Waals surface area contributed by atoms with E-state index in [9.17, 15) is 9.59 Å². The summed E-state index contributed by atoms with van der Waals surface area (Å²) in [5.74, 6) is 0.314. The summed E-state index contributed by atoms with van der Waals surface area (Å²) in [7, 11) is 0. The number of ether oxygens (including phenoxy) is 2. The predicted molar refractivity (Wildman–Crippen MR) is 105 cm³/mol. The van der Waals surface area contributed by atoms with E-state index in [1.165, 1.54) is 18.3 Å². The minimum atomic E-state index is -0.453. The van der Waals surface area contributed by atoms with E-state index in [0.717, 1.165) is 11.0 Å². The maximum Gasteiger partial charge on any atom is 0.308 e. The van der Waals surface area contributed by atoms with Crippen molar-refractivity contribution in [2.24, 2.45) is 0 Å². The van der Waals surface area contributed by atoms with Crippen molar-refractivity contribution in [1.29, 1.82) is 0 Å². The van der Waals surface area contributed by atoms with E-state index >= 15 is 0 Å². The van der Waals surface area contributed by atoms with Crippen molar-refractivity contribution in [3.05, 3.63) is 62.9 Å². The Balaban J connectivity index is 1.93. The van der Waals surface area contributed by atoms with Crippen LogP contribution in [0.25, 0.3) is 22.1 Å². The Morgan fingerprint density at radius 2 is 2.04 bits per heavy atom. The van der Waals surface area contributed by atoms with Crippen molar-refractivity contribution in [2.75, 3.05) is 6.61 Å². The lowest BCUT2D eigenvalue weighted by atomic mass is 10.1. The van der Waals surface area contributed by atoms with Gasteiger partial charge < -0.3 is 9.47 Å². The third-order valence-corrected chi connectivity index (χ3v) is 4.96. The topological polar surface area (TPSA) is 69.9 Å². The lowest BCUT2D eigenvalue weighted by Crippen LogP contribution is -2.22. The van der Waals surface area contributed by atoms with E-state index < -0.39 is 5.97 Å². The summed E-state index contributed by atoms with van der Waals surface area (Å²) in [4.78, 5) is 29.6. The number of hydrogen-bond acceptors (Lipinski definition) is 6. The summed E-state index contributed by atoms with van der Waals surface area (Å²) >= 11 is 1.29. The molecular formula is C20H16N2O4S. The zero-order chi connectivity index (χ0) is 19.0. The van der Waals surface area contributed by atoms with Crippen molar-refractivity contribution in [1.82, 2.24) is 9.38 Å². The number of benzene rings is 2. The van der Waals surface area contributed by atoms with Gasteiger partial charge in [0.1, 0.15) is 0 Å². The van der Waals surface area contributed by atoms with Crippen LogP contribution in [0.1, 0.15) is 19.4 Å². The Morgan fingerprint density at radius 1 is 1.22 bits per heavy atom. The number of nitrogens with zero attached hydrogens (tertiary/aromatic N) is 2. The van der Waals surface area contributed by atoms with Gasteiger partial charge in [-0.15, -0.1) is 0 Å². The quantitative estimate of drug-likeness (QED) is 0.402. The molecule has 0 aliphatic rings. The van der Waals surface area contributed by atoms with Crippen LogP contribution in [0, 0.1) is 0 Å². The highest BCUT2D eigenvalue weighted by Gasteiger charge is 2.14. The highest BCUT2D eigenvalue weighted by Crippen LogP contribution is 2.32. The average molecular weight is 380 g/mol. The molecule has 0 aliphatic carbocycles. The number of rotatable bonds is 4. The fourth-order valence-electron chi connectivity index (χ4n) is 2.92. The van der Waals surface area contributed by atoms with E-state index in [1.807, 2.05) is 31.2 Å². The number of imidazole rings is 1. The van der Waals surface area contributed by atoms with Gasteiger partial charge in [0.05, 0.1) is 22.2 Å². The van der Waals surface area contributed by atoms with Crippen LogP contribution < -0.4 is 19.6 Å². The number of fused-ring (bicyclic) bond motifs is 3. The predicted octanol–water partition coefficient (Wildman–Crippen LogP) is 2.78. The molecule has 2 aromatic carbocycles. The molecule has 0 spiro atoms. The van der Waals surface area contributed by atoms with E-state index in [1.54, 1.807) is 28.7 Å². The SMILES string of the molecule is CCOc1cccc(/C=c2\sc3nc4ccccc4n3c2=O)c1OC(C)=O. The van der Waals surface area contributed by atoms with Crippen LogP contribution in [0.4, 0.5) is 0 Å².